The zero-order chi connectivity index (χ0) is 13.9. The predicted molar refractivity (Wildman–Crippen MR) is 82.0 cm³/mol. The number of alkyl halides is 1. The molecule has 19 heavy (non-hydrogen) atoms. The van der Waals surface area contributed by atoms with Crippen LogP contribution in [0.1, 0.15) is 38.2 Å². The summed E-state index contributed by atoms with van der Waals surface area (Å²) in [6, 6.07) is 5.05. The quantitative estimate of drug-likeness (QED) is 0.766. The van der Waals surface area contributed by atoms with Crippen LogP contribution in [0.2, 0.25) is 0 Å². The van der Waals surface area contributed by atoms with Gasteiger partial charge in [-0.05, 0) is 37.0 Å². The zero-order valence-corrected chi connectivity index (χ0v) is 13.5. The normalized spacial score (nSPS) is 27.5. The Bertz CT molecular complexity index is 440. The third-order valence-corrected chi connectivity index (χ3v) is 5.01. The zero-order valence-electron chi connectivity index (χ0n) is 11.2. The predicted octanol–water partition coefficient (Wildman–Crippen LogP) is 4.87. The Hall–Kier alpha value is -0.120. The molecule has 0 saturated heterocycles. The van der Waals surface area contributed by atoms with Gasteiger partial charge in [0.2, 0.25) is 0 Å². The lowest BCUT2D eigenvalue weighted by Gasteiger charge is -2.39. The van der Waals surface area contributed by atoms with E-state index < -0.39 is 0 Å². The van der Waals surface area contributed by atoms with Crippen molar-refractivity contribution in [1.29, 1.82) is 0 Å². The molecule has 0 radical (unpaired) electrons. The summed E-state index contributed by atoms with van der Waals surface area (Å²) in [6.07, 6.45) is 4.62. The van der Waals surface area contributed by atoms with Gasteiger partial charge in [-0.15, -0.1) is 11.6 Å². The highest BCUT2D eigenvalue weighted by Gasteiger charge is 2.33. The topological polar surface area (TPSA) is 12.0 Å². The van der Waals surface area contributed by atoms with Crippen molar-refractivity contribution in [3.63, 3.8) is 0 Å². The van der Waals surface area contributed by atoms with Crippen LogP contribution < -0.4 is 5.32 Å². The van der Waals surface area contributed by atoms with Crippen molar-refractivity contribution in [1.82, 2.24) is 5.32 Å². The van der Waals surface area contributed by atoms with E-state index in [0.29, 0.717) is 23.9 Å². The second kappa shape index (κ2) is 6.55. The number of halogens is 3. The third-order valence-electron chi connectivity index (χ3n) is 4.01. The fourth-order valence-electron chi connectivity index (χ4n) is 2.95. The van der Waals surface area contributed by atoms with E-state index in [4.69, 9.17) is 11.6 Å². The van der Waals surface area contributed by atoms with E-state index in [2.05, 4.69) is 28.2 Å². The molecule has 106 valence electrons. The third kappa shape index (κ3) is 3.93. The van der Waals surface area contributed by atoms with Crippen LogP contribution in [0.15, 0.2) is 22.7 Å². The summed E-state index contributed by atoms with van der Waals surface area (Å²) in [7, 11) is 0. The second-order valence-corrected chi connectivity index (χ2v) is 6.89. The van der Waals surface area contributed by atoms with Gasteiger partial charge in [0, 0.05) is 28.0 Å². The SMILES string of the molecule is CC1CCCC(CCl)(NCc2cc(Br)ccc2F)C1. The molecule has 1 aromatic rings. The minimum atomic E-state index is -0.163. The maximum absolute atomic E-state index is 13.7. The highest BCUT2D eigenvalue weighted by atomic mass is 79.9. The lowest BCUT2D eigenvalue weighted by atomic mass is 9.77. The van der Waals surface area contributed by atoms with Crippen molar-refractivity contribution < 1.29 is 4.39 Å². The smallest absolute Gasteiger partial charge is 0.127 e. The Labute approximate surface area is 128 Å². The molecule has 0 aromatic heterocycles. The van der Waals surface area contributed by atoms with Crippen LogP contribution in [0.5, 0.6) is 0 Å². The Balaban J connectivity index is 2.05. The molecule has 1 aliphatic carbocycles. The fourth-order valence-corrected chi connectivity index (χ4v) is 3.70. The first-order chi connectivity index (χ1) is 9.04. The first-order valence-electron chi connectivity index (χ1n) is 6.79. The molecule has 2 rings (SSSR count). The average Bonchev–Trinajstić information content (AvgIpc) is 2.40. The van der Waals surface area contributed by atoms with Crippen molar-refractivity contribution in [2.24, 2.45) is 5.92 Å². The van der Waals surface area contributed by atoms with Crippen LogP contribution in [-0.4, -0.2) is 11.4 Å². The van der Waals surface area contributed by atoms with Gasteiger partial charge in [0.25, 0.3) is 0 Å². The monoisotopic (exact) mass is 347 g/mol. The Kier molecular flexibility index (Phi) is 5.27. The van der Waals surface area contributed by atoms with E-state index >= 15 is 0 Å². The van der Waals surface area contributed by atoms with Gasteiger partial charge < -0.3 is 5.32 Å². The minimum Gasteiger partial charge on any atom is -0.306 e. The van der Waals surface area contributed by atoms with Crippen molar-refractivity contribution in [3.8, 4) is 0 Å². The van der Waals surface area contributed by atoms with Crippen molar-refractivity contribution in [3.05, 3.63) is 34.1 Å². The van der Waals surface area contributed by atoms with Crippen LogP contribution in [-0.2, 0) is 6.54 Å². The molecule has 1 saturated carbocycles. The van der Waals surface area contributed by atoms with Gasteiger partial charge in [-0.2, -0.15) is 0 Å². The molecule has 1 aliphatic rings. The Morgan fingerprint density at radius 1 is 1.53 bits per heavy atom. The summed E-state index contributed by atoms with van der Waals surface area (Å²) in [5, 5.41) is 3.51. The van der Waals surface area contributed by atoms with Crippen LogP contribution in [0, 0.1) is 11.7 Å². The molecule has 1 nitrogen and oxygen atoms in total. The van der Waals surface area contributed by atoms with Crippen LogP contribution in [0.25, 0.3) is 0 Å². The fraction of sp³-hybridized carbons (Fsp3) is 0.600. The van der Waals surface area contributed by atoms with Crippen molar-refractivity contribution in [2.75, 3.05) is 5.88 Å². The molecule has 0 amide bonds. The summed E-state index contributed by atoms with van der Waals surface area (Å²) in [5.74, 6) is 1.11. The molecule has 2 atom stereocenters. The van der Waals surface area contributed by atoms with Gasteiger partial charge in [0.1, 0.15) is 5.82 Å². The summed E-state index contributed by atoms with van der Waals surface area (Å²) in [6.45, 7) is 2.80. The molecular weight excluding hydrogens is 329 g/mol. The van der Waals surface area contributed by atoms with E-state index in [1.54, 1.807) is 6.07 Å². The molecule has 4 heteroatoms. The molecule has 0 bridgehead atoms. The second-order valence-electron chi connectivity index (χ2n) is 5.70. The molecule has 0 spiro atoms. The minimum absolute atomic E-state index is 0.0338. The van der Waals surface area contributed by atoms with Crippen LogP contribution in [0.3, 0.4) is 0 Å². The average molecular weight is 349 g/mol. The summed E-state index contributed by atoms with van der Waals surface area (Å²) in [4.78, 5) is 0. The van der Waals surface area contributed by atoms with E-state index in [0.717, 1.165) is 17.3 Å². The highest BCUT2D eigenvalue weighted by molar-refractivity contribution is 9.10. The number of benzene rings is 1. The number of nitrogens with one attached hydrogen (secondary N) is 1. The maximum atomic E-state index is 13.7. The van der Waals surface area contributed by atoms with Gasteiger partial charge >= 0.3 is 0 Å². The van der Waals surface area contributed by atoms with Crippen molar-refractivity contribution >= 4 is 27.5 Å². The van der Waals surface area contributed by atoms with E-state index in [1.807, 2.05) is 6.07 Å². The maximum Gasteiger partial charge on any atom is 0.127 e. The molecule has 1 fully saturated rings. The molecule has 0 aliphatic heterocycles. The molecule has 1 N–H and O–H groups in total. The van der Waals surface area contributed by atoms with Gasteiger partial charge in [-0.3, -0.25) is 0 Å². The van der Waals surface area contributed by atoms with Crippen LogP contribution >= 0.6 is 27.5 Å². The number of rotatable bonds is 4. The first-order valence-corrected chi connectivity index (χ1v) is 8.12. The number of hydrogen-bond donors (Lipinski definition) is 1. The van der Waals surface area contributed by atoms with E-state index in [-0.39, 0.29) is 11.4 Å². The lowest BCUT2D eigenvalue weighted by Crippen LogP contribution is -2.49. The van der Waals surface area contributed by atoms with E-state index in [9.17, 15) is 4.39 Å². The Morgan fingerprint density at radius 2 is 2.32 bits per heavy atom. The molecule has 0 heterocycles. The lowest BCUT2D eigenvalue weighted by molar-refractivity contribution is 0.207. The summed E-state index contributed by atoms with van der Waals surface area (Å²) < 4.78 is 14.6. The van der Waals surface area contributed by atoms with Gasteiger partial charge in [0.15, 0.2) is 0 Å². The van der Waals surface area contributed by atoms with Gasteiger partial charge in [0.05, 0.1) is 0 Å². The summed E-state index contributed by atoms with van der Waals surface area (Å²) >= 11 is 9.56. The van der Waals surface area contributed by atoms with E-state index in [1.165, 1.54) is 18.9 Å². The van der Waals surface area contributed by atoms with Gasteiger partial charge in [-0.1, -0.05) is 35.7 Å². The summed E-state index contributed by atoms with van der Waals surface area (Å²) in [5.41, 5.74) is 0.658. The first kappa shape index (κ1) is 15.3. The largest absolute Gasteiger partial charge is 0.306 e. The standard InChI is InChI=1S/C15H20BrClFN/c1-11-3-2-6-15(8-11,10-17)19-9-12-7-13(16)4-5-14(12)18/h4-5,7,11,19H,2-3,6,8-10H2,1H3. The molecule has 2 unspecified atom stereocenters. The van der Waals surface area contributed by atoms with Gasteiger partial charge in [-0.25, -0.2) is 4.39 Å². The highest BCUT2D eigenvalue weighted by Crippen LogP contribution is 2.33. The molecule has 1 aromatic carbocycles. The Morgan fingerprint density at radius 3 is 3.00 bits per heavy atom. The molecular formula is C15H20BrClFN. The van der Waals surface area contributed by atoms with Crippen molar-refractivity contribution in [2.45, 2.75) is 44.7 Å². The van der Waals surface area contributed by atoms with Crippen LogP contribution in [0.4, 0.5) is 4.39 Å². The number of hydrogen-bond acceptors (Lipinski definition) is 1.